The Kier molecular flexibility index (Phi) is 3.08. The largest absolute Gasteiger partial charge is 0.335 e. The summed E-state index contributed by atoms with van der Waals surface area (Å²) >= 11 is 0. The molecule has 3 nitrogen and oxygen atoms in total. The summed E-state index contributed by atoms with van der Waals surface area (Å²) in [6.07, 6.45) is 5.48. The standard InChI is InChI=1S/C12H19NO2/c1-9-3-2-4-10(7-9)8-13-6-5-11(14)12(13)15/h9-10H,2-8H2,1H3. The Bertz CT molecular complexity index is 275. The van der Waals surface area contributed by atoms with E-state index in [1.165, 1.54) is 25.7 Å². The van der Waals surface area contributed by atoms with Gasteiger partial charge < -0.3 is 4.90 Å². The topological polar surface area (TPSA) is 37.4 Å². The van der Waals surface area contributed by atoms with Gasteiger partial charge in [0.05, 0.1) is 0 Å². The van der Waals surface area contributed by atoms with Gasteiger partial charge in [-0.2, -0.15) is 0 Å². The Morgan fingerprint density at radius 2 is 2.13 bits per heavy atom. The lowest BCUT2D eigenvalue weighted by molar-refractivity contribution is -0.140. The van der Waals surface area contributed by atoms with Crippen molar-refractivity contribution in [1.29, 1.82) is 0 Å². The van der Waals surface area contributed by atoms with Crippen molar-refractivity contribution in [3.63, 3.8) is 0 Å². The lowest BCUT2D eigenvalue weighted by Crippen LogP contribution is -2.34. The third kappa shape index (κ3) is 2.39. The van der Waals surface area contributed by atoms with Gasteiger partial charge in [0, 0.05) is 19.5 Å². The molecule has 2 unspecified atom stereocenters. The zero-order valence-electron chi connectivity index (χ0n) is 9.37. The summed E-state index contributed by atoms with van der Waals surface area (Å²) < 4.78 is 0. The Morgan fingerprint density at radius 3 is 2.73 bits per heavy atom. The molecule has 0 N–H and O–H groups in total. The molecule has 15 heavy (non-hydrogen) atoms. The number of carbonyl (C=O) groups excluding carboxylic acids is 2. The molecule has 2 rings (SSSR count). The molecule has 1 saturated carbocycles. The van der Waals surface area contributed by atoms with Crippen LogP contribution in [0.25, 0.3) is 0 Å². The predicted molar refractivity (Wildman–Crippen MR) is 57.3 cm³/mol. The number of hydrogen-bond acceptors (Lipinski definition) is 2. The first-order chi connectivity index (χ1) is 7.16. The summed E-state index contributed by atoms with van der Waals surface area (Å²) in [5.41, 5.74) is 0. The lowest BCUT2D eigenvalue weighted by atomic mass is 9.82. The normalized spacial score (nSPS) is 32.5. The highest BCUT2D eigenvalue weighted by molar-refractivity contribution is 6.37. The fourth-order valence-corrected chi connectivity index (χ4v) is 2.83. The molecular formula is C12H19NO2. The summed E-state index contributed by atoms with van der Waals surface area (Å²) in [5, 5.41) is 0. The van der Waals surface area contributed by atoms with E-state index in [2.05, 4.69) is 6.92 Å². The molecule has 1 aliphatic heterocycles. The number of Topliss-reactive ketones (excluding diaryl/α,β-unsaturated/α-hetero) is 1. The van der Waals surface area contributed by atoms with Crippen LogP contribution >= 0.6 is 0 Å². The lowest BCUT2D eigenvalue weighted by Gasteiger charge is -2.29. The highest BCUT2D eigenvalue weighted by Crippen LogP contribution is 2.29. The smallest absolute Gasteiger partial charge is 0.290 e. The van der Waals surface area contributed by atoms with Crippen molar-refractivity contribution in [2.45, 2.75) is 39.0 Å². The second-order valence-corrected chi connectivity index (χ2v) is 5.06. The maximum Gasteiger partial charge on any atom is 0.290 e. The minimum atomic E-state index is -0.242. The predicted octanol–water partition coefficient (Wildman–Crippen LogP) is 1.61. The van der Waals surface area contributed by atoms with E-state index in [4.69, 9.17) is 0 Å². The summed E-state index contributed by atoms with van der Waals surface area (Å²) in [6.45, 7) is 3.75. The van der Waals surface area contributed by atoms with Crippen LogP contribution in [0.1, 0.15) is 39.0 Å². The fraction of sp³-hybridized carbons (Fsp3) is 0.833. The molecule has 0 bridgehead atoms. The molecule has 1 saturated heterocycles. The van der Waals surface area contributed by atoms with Crippen LogP contribution in [0.5, 0.6) is 0 Å². The number of likely N-dealkylation sites (tertiary alicyclic amines) is 1. The third-order valence-electron chi connectivity index (χ3n) is 3.66. The van der Waals surface area contributed by atoms with Gasteiger partial charge in [0.15, 0.2) is 0 Å². The van der Waals surface area contributed by atoms with Gasteiger partial charge in [-0.05, 0) is 24.7 Å². The van der Waals surface area contributed by atoms with E-state index in [1.54, 1.807) is 4.90 Å². The van der Waals surface area contributed by atoms with Crippen LogP contribution in [0.3, 0.4) is 0 Å². The summed E-state index contributed by atoms with van der Waals surface area (Å²) in [7, 11) is 0. The molecule has 0 aromatic carbocycles. The SMILES string of the molecule is CC1CCCC(CN2CCC(=O)C2=O)C1. The second-order valence-electron chi connectivity index (χ2n) is 5.06. The molecular weight excluding hydrogens is 190 g/mol. The number of nitrogens with zero attached hydrogens (tertiary/aromatic N) is 1. The average molecular weight is 209 g/mol. The van der Waals surface area contributed by atoms with Crippen molar-refractivity contribution < 1.29 is 9.59 Å². The van der Waals surface area contributed by atoms with Crippen molar-refractivity contribution in [2.24, 2.45) is 11.8 Å². The number of amides is 1. The molecule has 2 atom stereocenters. The van der Waals surface area contributed by atoms with Gasteiger partial charge in [0.1, 0.15) is 0 Å². The van der Waals surface area contributed by atoms with Crippen molar-refractivity contribution in [3.8, 4) is 0 Å². The van der Waals surface area contributed by atoms with E-state index in [9.17, 15) is 9.59 Å². The Labute approximate surface area is 90.8 Å². The summed E-state index contributed by atoms with van der Waals surface area (Å²) in [4.78, 5) is 24.3. The van der Waals surface area contributed by atoms with E-state index in [0.717, 1.165) is 12.5 Å². The number of carbonyl (C=O) groups is 2. The van der Waals surface area contributed by atoms with Crippen LogP contribution in [-0.2, 0) is 9.59 Å². The van der Waals surface area contributed by atoms with Crippen molar-refractivity contribution in [3.05, 3.63) is 0 Å². The van der Waals surface area contributed by atoms with Gasteiger partial charge in [-0.25, -0.2) is 0 Å². The zero-order valence-corrected chi connectivity index (χ0v) is 9.37. The highest BCUT2D eigenvalue weighted by atomic mass is 16.2. The number of rotatable bonds is 2. The summed E-state index contributed by atoms with van der Waals surface area (Å²) in [5.74, 6) is 0.979. The van der Waals surface area contributed by atoms with Crippen LogP contribution in [0, 0.1) is 11.8 Å². The molecule has 2 fully saturated rings. The van der Waals surface area contributed by atoms with Gasteiger partial charge in [0.2, 0.25) is 5.78 Å². The first-order valence-electron chi connectivity index (χ1n) is 5.99. The molecule has 0 aromatic rings. The van der Waals surface area contributed by atoms with Gasteiger partial charge in [-0.1, -0.05) is 19.8 Å². The van der Waals surface area contributed by atoms with Crippen LogP contribution in [-0.4, -0.2) is 29.7 Å². The maximum absolute atomic E-state index is 11.4. The van der Waals surface area contributed by atoms with Gasteiger partial charge in [-0.15, -0.1) is 0 Å². The first kappa shape index (κ1) is 10.7. The van der Waals surface area contributed by atoms with Gasteiger partial charge in [0.25, 0.3) is 5.91 Å². The third-order valence-corrected chi connectivity index (χ3v) is 3.66. The van der Waals surface area contributed by atoms with Crippen molar-refractivity contribution in [1.82, 2.24) is 4.90 Å². The molecule has 2 aliphatic rings. The van der Waals surface area contributed by atoms with E-state index >= 15 is 0 Å². The Hall–Kier alpha value is -0.860. The van der Waals surface area contributed by atoms with Crippen molar-refractivity contribution in [2.75, 3.05) is 13.1 Å². The molecule has 0 radical (unpaired) electrons. The van der Waals surface area contributed by atoms with Crippen LogP contribution < -0.4 is 0 Å². The number of ketones is 1. The molecule has 1 aliphatic carbocycles. The van der Waals surface area contributed by atoms with Gasteiger partial charge >= 0.3 is 0 Å². The van der Waals surface area contributed by atoms with Crippen LogP contribution in [0.15, 0.2) is 0 Å². The Morgan fingerprint density at radius 1 is 1.33 bits per heavy atom. The van der Waals surface area contributed by atoms with Crippen molar-refractivity contribution >= 4 is 11.7 Å². The maximum atomic E-state index is 11.4. The molecule has 1 heterocycles. The average Bonchev–Trinajstić information content (AvgIpc) is 2.50. The van der Waals surface area contributed by atoms with E-state index < -0.39 is 0 Å². The first-order valence-corrected chi connectivity index (χ1v) is 5.99. The molecule has 1 amide bonds. The van der Waals surface area contributed by atoms with E-state index in [-0.39, 0.29) is 11.7 Å². The van der Waals surface area contributed by atoms with Gasteiger partial charge in [-0.3, -0.25) is 9.59 Å². The summed E-state index contributed by atoms with van der Waals surface area (Å²) in [6, 6.07) is 0. The fourth-order valence-electron chi connectivity index (χ4n) is 2.83. The minimum absolute atomic E-state index is 0.196. The highest BCUT2D eigenvalue weighted by Gasteiger charge is 2.31. The van der Waals surface area contributed by atoms with E-state index in [0.29, 0.717) is 18.9 Å². The van der Waals surface area contributed by atoms with Crippen LogP contribution in [0.4, 0.5) is 0 Å². The second kappa shape index (κ2) is 4.33. The van der Waals surface area contributed by atoms with E-state index in [1.807, 2.05) is 0 Å². The quantitative estimate of drug-likeness (QED) is 0.648. The van der Waals surface area contributed by atoms with Crippen LogP contribution in [0.2, 0.25) is 0 Å². The monoisotopic (exact) mass is 209 g/mol. The number of hydrogen-bond donors (Lipinski definition) is 0. The molecule has 3 heteroatoms. The Balaban J connectivity index is 1.86. The molecule has 84 valence electrons. The minimum Gasteiger partial charge on any atom is -0.335 e. The molecule has 0 spiro atoms. The molecule has 0 aromatic heterocycles. The zero-order chi connectivity index (χ0) is 10.8.